The van der Waals surface area contributed by atoms with Crippen molar-refractivity contribution in [3.8, 4) is 5.75 Å². The largest absolute Gasteiger partial charge is 0.573 e. The first kappa shape index (κ1) is 22.1. The van der Waals surface area contributed by atoms with Crippen LogP contribution in [0.1, 0.15) is 20.1 Å². The number of amides is 2. The van der Waals surface area contributed by atoms with Crippen LogP contribution >= 0.6 is 11.3 Å². The zero-order chi connectivity index (χ0) is 21.9. The zero-order valence-electron chi connectivity index (χ0n) is 16.6. The first-order valence-electron chi connectivity index (χ1n) is 9.35. The van der Waals surface area contributed by atoms with Crippen molar-refractivity contribution in [1.29, 1.82) is 0 Å². The van der Waals surface area contributed by atoms with Gasteiger partial charge in [-0.05, 0) is 44.2 Å². The number of nitrogens with zero attached hydrogens (tertiary/aromatic N) is 2. The second-order valence-corrected chi connectivity index (χ2v) is 8.48. The van der Waals surface area contributed by atoms with E-state index in [0.29, 0.717) is 31.9 Å². The van der Waals surface area contributed by atoms with E-state index >= 15 is 0 Å². The summed E-state index contributed by atoms with van der Waals surface area (Å²) in [4.78, 5) is 30.7. The monoisotopic (exact) mass is 441 g/mol. The van der Waals surface area contributed by atoms with E-state index in [2.05, 4.69) is 10.1 Å². The number of anilines is 1. The van der Waals surface area contributed by atoms with Crippen molar-refractivity contribution in [3.63, 3.8) is 0 Å². The molecule has 0 atom stereocenters. The Hall–Kier alpha value is -2.59. The Morgan fingerprint density at radius 2 is 1.73 bits per heavy atom. The Balaban J connectivity index is 1.46. The molecule has 0 aliphatic carbocycles. The number of halogens is 3. The third-order valence-corrected chi connectivity index (χ3v) is 5.64. The van der Waals surface area contributed by atoms with Crippen LogP contribution in [0.2, 0.25) is 0 Å². The maximum Gasteiger partial charge on any atom is 0.573 e. The number of alkyl halides is 3. The number of carbonyl (C=O) groups is 2. The van der Waals surface area contributed by atoms with Crippen molar-refractivity contribution < 1.29 is 27.5 Å². The Kier molecular flexibility index (Phi) is 6.67. The summed E-state index contributed by atoms with van der Waals surface area (Å²) in [5.74, 6) is -0.608. The third kappa shape index (κ3) is 5.96. The number of thiophene rings is 1. The molecule has 1 saturated heterocycles. The molecule has 1 aromatic carbocycles. The van der Waals surface area contributed by atoms with E-state index in [-0.39, 0.29) is 24.1 Å². The predicted octanol–water partition coefficient (Wildman–Crippen LogP) is 3.66. The van der Waals surface area contributed by atoms with Crippen LogP contribution in [0.3, 0.4) is 0 Å². The third-order valence-electron chi connectivity index (χ3n) is 4.67. The quantitative estimate of drug-likeness (QED) is 0.769. The van der Waals surface area contributed by atoms with Crippen molar-refractivity contribution in [2.24, 2.45) is 0 Å². The first-order chi connectivity index (χ1) is 14.1. The van der Waals surface area contributed by atoms with Gasteiger partial charge in [0.25, 0.3) is 5.91 Å². The molecule has 0 bridgehead atoms. The zero-order valence-corrected chi connectivity index (χ0v) is 17.4. The highest BCUT2D eigenvalue weighted by atomic mass is 32.1. The van der Waals surface area contributed by atoms with Gasteiger partial charge in [-0.2, -0.15) is 0 Å². The molecule has 3 rings (SSSR count). The molecule has 0 radical (unpaired) electrons. The second-order valence-electron chi connectivity index (χ2n) is 7.02. The van der Waals surface area contributed by atoms with Crippen molar-refractivity contribution in [3.05, 3.63) is 45.6 Å². The van der Waals surface area contributed by atoms with Crippen LogP contribution in [-0.2, 0) is 4.79 Å². The standard InChI is InChI=1S/C20H22F3N3O3S/c1-13-11-17(14(2)30-13)19(28)26-9-7-25(8-10-26)12-18(27)24-15-3-5-16(6-4-15)29-20(21,22)23/h3-6,11H,7-10,12H2,1-2H3,(H,24,27). The summed E-state index contributed by atoms with van der Waals surface area (Å²) in [5, 5.41) is 2.65. The molecule has 6 nitrogen and oxygen atoms in total. The molecule has 1 aromatic heterocycles. The molecule has 0 spiro atoms. The minimum Gasteiger partial charge on any atom is -0.406 e. The smallest absolute Gasteiger partial charge is 0.406 e. The van der Waals surface area contributed by atoms with Crippen LogP contribution < -0.4 is 10.1 Å². The summed E-state index contributed by atoms with van der Waals surface area (Å²) in [6, 6.07) is 6.89. The molecule has 30 heavy (non-hydrogen) atoms. The molecule has 0 saturated carbocycles. The molecule has 0 unspecified atom stereocenters. The van der Waals surface area contributed by atoms with E-state index in [1.807, 2.05) is 24.8 Å². The summed E-state index contributed by atoms with van der Waals surface area (Å²) in [6.45, 7) is 6.25. The highest BCUT2D eigenvalue weighted by Crippen LogP contribution is 2.24. The average Bonchev–Trinajstić information content (AvgIpc) is 3.00. The number of nitrogens with one attached hydrogen (secondary N) is 1. The fourth-order valence-electron chi connectivity index (χ4n) is 3.27. The van der Waals surface area contributed by atoms with Crippen LogP contribution in [0.4, 0.5) is 18.9 Å². The summed E-state index contributed by atoms with van der Waals surface area (Å²) in [5.41, 5.74) is 1.12. The van der Waals surface area contributed by atoms with Gasteiger partial charge in [0.05, 0.1) is 12.1 Å². The van der Waals surface area contributed by atoms with Crippen LogP contribution in [0, 0.1) is 13.8 Å². The Morgan fingerprint density at radius 1 is 1.10 bits per heavy atom. The normalized spacial score (nSPS) is 15.2. The molecule has 1 aliphatic heterocycles. The van der Waals surface area contributed by atoms with Crippen LogP contribution in [0.5, 0.6) is 5.75 Å². The SMILES string of the molecule is Cc1cc(C(=O)N2CCN(CC(=O)Nc3ccc(OC(F)(F)F)cc3)CC2)c(C)s1. The Morgan fingerprint density at radius 3 is 2.27 bits per heavy atom. The molecule has 1 N–H and O–H groups in total. The first-order valence-corrected chi connectivity index (χ1v) is 10.2. The van der Waals surface area contributed by atoms with Gasteiger partial charge in [-0.15, -0.1) is 24.5 Å². The van der Waals surface area contributed by atoms with E-state index in [0.717, 1.165) is 27.5 Å². The maximum atomic E-state index is 12.7. The van der Waals surface area contributed by atoms with E-state index < -0.39 is 6.36 Å². The molecular formula is C20H22F3N3O3S. The van der Waals surface area contributed by atoms with Gasteiger partial charge in [-0.1, -0.05) is 0 Å². The number of aryl methyl sites for hydroxylation is 2. The number of ether oxygens (including phenoxy) is 1. The number of hydrogen-bond acceptors (Lipinski definition) is 5. The highest BCUT2D eigenvalue weighted by molar-refractivity contribution is 7.12. The van der Waals surface area contributed by atoms with Crippen molar-refractivity contribution >= 4 is 28.8 Å². The number of piperazine rings is 1. The van der Waals surface area contributed by atoms with Gasteiger partial charge in [-0.25, -0.2) is 0 Å². The minimum atomic E-state index is -4.75. The molecule has 2 aromatic rings. The van der Waals surface area contributed by atoms with E-state index in [1.54, 1.807) is 16.2 Å². The van der Waals surface area contributed by atoms with E-state index in [1.165, 1.54) is 12.1 Å². The molecule has 162 valence electrons. The lowest BCUT2D eigenvalue weighted by molar-refractivity contribution is -0.274. The van der Waals surface area contributed by atoms with Gasteiger partial charge >= 0.3 is 6.36 Å². The molecule has 1 aliphatic rings. The lowest BCUT2D eigenvalue weighted by Crippen LogP contribution is -2.50. The van der Waals surface area contributed by atoms with Gasteiger partial charge in [-0.3, -0.25) is 14.5 Å². The number of benzene rings is 1. The Bertz CT molecular complexity index is 904. The van der Waals surface area contributed by atoms with Crippen LogP contribution in [-0.4, -0.2) is 60.7 Å². The number of hydrogen-bond donors (Lipinski definition) is 1. The summed E-state index contributed by atoms with van der Waals surface area (Å²) in [7, 11) is 0. The Labute approximate surface area is 176 Å². The van der Waals surface area contributed by atoms with E-state index in [4.69, 9.17) is 0 Å². The van der Waals surface area contributed by atoms with Gasteiger partial charge in [0.1, 0.15) is 5.75 Å². The van der Waals surface area contributed by atoms with Crippen LogP contribution in [0.15, 0.2) is 30.3 Å². The lowest BCUT2D eigenvalue weighted by Gasteiger charge is -2.34. The fourth-order valence-corrected chi connectivity index (χ4v) is 4.18. The molecule has 2 heterocycles. The highest BCUT2D eigenvalue weighted by Gasteiger charge is 2.31. The fraction of sp³-hybridized carbons (Fsp3) is 0.400. The predicted molar refractivity (Wildman–Crippen MR) is 108 cm³/mol. The number of carbonyl (C=O) groups excluding carboxylic acids is 2. The molecule has 10 heteroatoms. The number of rotatable bonds is 5. The average molecular weight is 441 g/mol. The maximum absolute atomic E-state index is 12.7. The van der Waals surface area contributed by atoms with E-state index in [9.17, 15) is 22.8 Å². The summed E-state index contributed by atoms with van der Waals surface area (Å²) >= 11 is 1.60. The summed E-state index contributed by atoms with van der Waals surface area (Å²) < 4.78 is 40.4. The topological polar surface area (TPSA) is 61.9 Å². The van der Waals surface area contributed by atoms with Gasteiger partial charge in [0, 0.05) is 41.6 Å². The minimum absolute atomic E-state index is 0.0158. The van der Waals surface area contributed by atoms with Crippen molar-refractivity contribution in [2.45, 2.75) is 20.2 Å². The van der Waals surface area contributed by atoms with Gasteiger partial charge < -0.3 is 15.0 Å². The van der Waals surface area contributed by atoms with Crippen LogP contribution in [0.25, 0.3) is 0 Å². The second kappa shape index (κ2) is 9.05. The molecule has 2 amide bonds. The molecule has 1 fully saturated rings. The van der Waals surface area contributed by atoms with Crippen molar-refractivity contribution in [2.75, 3.05) is 38.0 Å². The molecular weight excluding hydrogens is 419 g/mol. The van der Waals surface area contributed by atoms with Crippen molar-refractivity contribution in [1.82, 2.24) is 9.80 Å². The van der Waals surface area contributed by atoms with Gasteiger partial charge in [0.15, 0.2) is 0 Å². The van der Waals surface area contributed by atoms with Gasteiger partial charge in [0.2, 0.25) is 5.91 Å². The summed E-state index contributed by atoms with van der Waals surface area (Å²) in [6.07, 6.45) is -4.75. The lowest BCUT2D eigenvalue weighted by atomic mass is 10.2.